The summed E-state index contributed by atoms with van der Waals surface area (Å²) in [7, 11) is 1.74. The Hall–Kier alpha value is -1.79. The maximum Gasteiger partial charge on any atom is 0.263 e. The summed E-state index contributed by atoms with van der Waals surface area (Å²) in [6, 6.07) is 6.89. The number of thiophene rings is 1. The van der Waals surface area contributed by atoms with Crippen LogP contribution in [0.5, 0.6) is 5.75 Å². The van der Waals surface area contributed by atoms with Gasteiger partial charge in [-0.15, -0.1) is 11.3 Å². The summed E-state index contributed by atoms with van der Waals surface area (Å²) >= 11 is 7.20. The van der Waals surface area contributed by atoms with E-state index in [1.165, 1.54) is 17.4 Å². The van der Waals surface area contributed by atoms with E-state index < -0.39 is 0 Å². The van der Waals surface area contributed by atoms with Gasteiger partial charge in [0.25, 0.3) is 11.5 Å². The Morgan fingerprint density at radius 2 is 2.00 bits per heavy atom. The zero-order valence-corrected chi connectivity index (χ0v) is 15.2. The minimum absolute atomic E-state index is 0.0208. The minimum atomic E-state index is -0.0767. The maximum atomic E-state index is 12.4. The molecule has 3 rings (SSSR count). The monoisotopic (exact) mass is 366 g/mol. The highest BCUT2D eigenvalue weighted by Crippen LogP contribution is 2.25. The fourth-order valence-corrected chi connectivity index (χ4v) is 3.77. The summed E-state index contributed by atoms with van der Waals surface area (Å²) in [6.45, 7) is 3.16. The molecule has 5 nitrogen and oxygen atoms in total. The number of hydrogen-bond donors (Lipinski definition) is 0. The van der Waals surface area contributed by atoms with Gasteiger partial charge < -0.3 is 14.2 Å². The van der Waals surface area contributed by atoms with Gasteiger partial charge in [0.05, 0.1) is 9.21 Å². The number of rotatable bonds is 3. The second kappa shape index (κ2) is 6.99. The third kappa shape index (κ3) is 3.65. The molecule has 0 atom stereocenters. The number of carbonyl (C=O) groups is 1. The van der Waals surface area contributed by atoms with Crippen molar-refractivity contribution < 1.29 is 9.53 Å². The standard InChI is InChI=1S/C17H19ClN2O3S/c1-11-9-13(10-16(21)19(11)2)23-12-5-7-20(8-6-12)17(22)14-3-4-15(18)24-14/h3-4,9-10,12H,5-8H2,1-2H3. The van der Waals surface area contributed by atoms with Crippen LogP contribution in [0.4, 0.5) is 0 Å². The van der Waals surface area contributed by atoms with Gasteiger partial charge in [0, 0.05) is 44.7 Å². The first-order valence-corrected chi connectivity index (χ1v) is 9.02. The summed E-state index contributed by atoms with van der Waals surface area (Å²) in [5.74, 6) is 0.625. The average molecular weight is 367 g/mol. The summed E-state index contributed by atoms with van der Waals surface area (Å²) in [6.07, 6.45) is 1.52. The summed E-state index contributed by atoms with van der Waals surface area (Å²) < 4.78 is 8.15. The van der Waals surface area contributed by atoms with Crippen molar-refractivity contribution in [1.29, 1.82) is 0 Å². The molecule has 0 bridgehead atoms. The molecule has 0 radical (unpaired) electrons. The second-order valence-electron chi connectivity index (χ2n) is 5.94. The molecule has 1 saturated heterocycles. The van der Waals surface area contributed by atoms with Crippen LogP contribution in [0.15, 0.2) is 29.1 Å². The van der Waals surface area contributed by atoms with E-state index in [0.29, 0.717) is 28.1 Å². The minimum Gasteiger partial charge on any atom is -0.490 e. The zero-order valence-electron chi connectivity index (χ0n) is 13.6. The fraction of sp³-hybridized carbons (Fsp3) is 0.412. The molecule has 1 fully saturated rings. The van der Waals surface area contributed by atoms with Crippen molar-refractivity contribution in [1.82, 2.24) is 9.47 Å². The lowest BCUT2D eigenvalue weighted by molar-refractivity contribution is 0.0599. The van der Waals surface area contributed by atoms with Gasteiger partial charge in [-0.05, 0) is 25.1 Å². The van der Waals surface area contributed by atoms with E-state index in [-0.39, 0.29) is 17.6 Å². The highest BCUT2D eigenvalue weighted by atomic mass is 35.5. The van der Waals surface area contributed by atoms with E-state index in [4.69, 9.17) is 16.3 Å². The molecule has 0 unspecified atom stereocenters. The molecule has 2 aromatic heterocycles. The lowest BCUT2D eigenvalue weighted by Crippen LogP contribution is -2.41. The molecular formula is C17H19ClN2O3S. The van der Waals surface area contributed by atoms with Crippen LogP contribution in [0, 0.1) is 6.92 Å². The Morgan fingerprint density at radius 3 is 2.58 bits per heavy atom. The van der Waals surface area contributed by atoms with Gasteiger partial charge in [0.15, 0.2) is 0 Å². The molecule has 0 spiro atoms. The molecule has 0 aliphatic carbocycles. The third-order valence-electron chi connectivity index (χ3n) is 4.29. The van der Waals surface area contributed by atoms with Gasteiger partial charge in [-0.25, -0.2) is 0 Å². The fourth-order valence-electron chi connectivity index (χ4n) is 2.76. The largest absolute Gasteiger partial charge is 0.490 e. The van der Waals surface area contributed by atoms with Crippen LogP contribution >= 0.6 is 22.9 Å². The predicted molar refractivity (Wildman–Crippen MR) is 95.3 cm³/mol. The number of hydrogen-bond acceptors (Lipinski definition) is 4. The van der Waals surface area contributed by atoms with E-state index in [9.17, 15) is 9.59 Å². The summed E-state index contributed by atoms with van der Waals surface area (Å²) in [4.78, 5) is 26.7. The van der Waals surface area contributed by atoms with Gasteiger partial charge >= 0.3 is 0 Å². The number of nitrogens with zero attached hydrogens (tertiary/aromatic N) is 2. The van der Waals surface area contributed by atoms with Crippen LogP contribution < -0.4 is 10.3 Å². The van der Waals surface area contributed by atoms with Crippen LogP contribution in [0.2, 0.25) is 4.34 Å². The quantitative estimate of drug-likeness (QED) is 0.838. The number of carbonyl (C=O) groups excluding carboxylic acids is 1. The number of pyridine rings is 1. The van der Waals surface area contributed by atoms with Crippen LogP contribution in [0.3, 0.4) is 0 Å². The van der Waals surface area contributed by atoms with Crippen molar-refractivity contribution in [2.75, 3.05) is 13.1 Å². The zero-order chi connectivity index (χ0) is 17.3. The molecule has 24 heavy (non-hydrogen) atoms. The van der Waals surface area contributed by atoms with E-state index in [1.807, 2.05) is 17.9 Å². The van der Waals surface area contributed by atoms with Crippen LogP contribution in [0.25, 0.3) is 0 Å². The lowest BCUT2D eigenvalue weighted by Gasteiger charge is -2.32. The lowest BCUT2D eigenvalue weighted by atomic mass is 10.1. The number of halogens is 1. The number of ether oxygens (including phenoxy) is 1. The highest BCUT2D eigenvalue weighted by Gasteiger charge is 2.25. The first kappa shape index (κ1) is 17.0. The predicted octanol–water partition coefficient (Wildman–Crippen LogP) is 3.09. The number of aromatic nitrogens is 1. The third-order valence-corrected chi connectivity index (χ3v) is 5.51. The molecule has 2 aromatic rings. The van der Waals surface area contributed by atoms with Crippen molar-refractivity contribution in [2.24, 2.45) is 7.05 Å². The Kier molecular flexibility index (Phi) is 4.96. The molecule has 1 amide bonds. The van der Waals surface area contributed by atoms with Gasteiger partial charge in [0.2, 0.25) is 0 Å². The van der Waals surface area contributed by atoms with Crippen molar-refractivity contribution in [2.45, 2.75) is 25.9 Å². The molecular weight excluding hydrogens is 348 g/mol. The number of aryl methyl sites for hydroxylation is 1. The van der Waals surface area contributed by atoms with Gasteiger partial charge in [-0.2, -0.15) is 0 Å². The Labute approximate surface area is 149 Å². The Bertz CT molecular complexity index is 806. The van der Waals surface area contributed by atoms with Crippen LogP contribution in [-0.4, -0.2) is 34.6 Å². The van der Waals surface area contributed by atoms with Gasteiger partial charge in [0.1, 0.15) is 11.9 Å². The molecule has 7 heteroatoms. The Balaban J connectivity index is 1.59. The molecule has 0 N–H and O–H groups in total. The van der Waals surface area contributed by atoms with Crippen molar-refractivity contribution >= 4 is 28.8 Å². The summed E-state index contributed by atoms with van der Waals surface area (Å²) in [5.41, 5.74) is 0.784. The normalized spacial score (nSPS) is 15.5. The van der Waals surface area contributed by atoms with Crippen molar-refractivity contribution in [3.63, 3.8) is 0 Å². The van der Waals surface area contributed by atoms with Gasteiger partial charge in [-0.1, -0.05) is 11.6 Å². The first-order valence-electron chi connectivity index (χ1n) is 7.83. The van der Waals surface area contributed by atoms with Crippen molar-refractivity contribution in [3.8, 4) is 5.75 Å². The molecule has 0 aromatic carbocycles. The highest BCUT2D eigenvalue weighted by molar-refractivity contribution is 7.17. The molecule has 1 aliphatic rings. The molecule has 0 saturated carbocycles. The maximum absolute atomic E-state index is 12.4. The van der Waals surface area contributed by atoms with Crippen LogP contribution in [-0.2, 0) is 7.05 Å². The Morgan fingerprint density at radius 1 is 1.29 bits per heavy atom. The molecule has 1 aliphatic heterocycles. The van der Waals surface area contributed by atoms with E-state index >= 15 is 0 Å². The topological polar surface area (TPSA) is 51.5 Å². The SMILES string of the molecule is Cc1cc(OC2CCN(C(=O)c3ccc(Cl)s3)CC2)cc(=O)n1C. The van der Waals surface area contributed by atoms with Crippen molar-refractivity contribution in [3.05, 3.63) is 49.5 Å². The number of likely N-dealkylation sites (tertiary alicyclic amines) is 1. The second-order valence-corrected chi connectivity index (χ2v) is 7.66. The number of amides is 1. The molecule has 128 valence electrons. The summed E-state index contributed by atoms with van der Waals surface area (Å²) in [5, 5.41) is 0. The molecule has 3 heterocycles. The van der Waals surface area contributed by atoms with E-state index in [1.54, 1.807) is 23.7 Å². The first-order chi connectivity index (χ1) is 11.4. The smallest absolute Gasteiger partial charge is 0.263 e. The van der Waals surface area contributed by atoms with Gasteiger partial charge in [-0.3, -0.25) is 9.59 Å². The number of piperidine rings is 1. The van der Waals surface area contributed by atoms with E-state index in [2.05, 4.69) is 0 Å². The average Bonchev–Trinajstić information content (AvgIpc) is 2.99. The van der Waals surface area contributed by atoms with E-state index in [0.717, 1.165) is 18.5 Å². The van der Waals surface area contributed by atoms with Crippen LogP contribution in [0.1, 0.15) is 28.2 Å².